The van der Waals surface area contributed by atoms with Gasteiger partial charge in [0.2, 0.25) is 0 Å². The molecule has 2 rings (SSSR count). The Morgan fingerprint density at radius 3 is 2.18 bits per heavy atom. The molecule has 0 saturated carbocycles. The average molecular weight is 229 g/mol. The molecule has 0 aliphatic rings. The van der Waals surface area contributed by atoms with Gasteiger partial charge in [-0.05, 0) is 12.1 Å². The van der Waals surface area contributed by atoms with Crippen molar-refractivity contribution in [2.75, 3.05) is 0 Å². The topological polar surface area (TPSA) is 63.4 Å². The number of hydrogen-bond donors (Lipinski definition) is 1. The Morgan fingerprint density at radius 1 is 1.00 bits per heavy atom. The molecule has 0 bridgehead atoms. The Morgan fingerprint density at radius 2 is 1.59 bits per heavy atom. The highest BCUT2D eigenvalue weighted by molar-refractivity contribution is 5.39. The number of nitrogens with zero attached hydrogens (tertiary/aromatic N) is 1. The van der Waals surface area contributed by atoms with E-state index in [0.717, 1.165) is 0 Å². The fourth-order valence-corrected chi connectivity index (χ4v) is 1.77. The summed E-state index contributed by atoms with van der Waals surface area (Å²) < 4.78 is 0. The number of phenols is 1. The fourth-order valence-electron chi connectivity index (χ4n) is 1.77. The third-order valence-electron chi connectivity index (χ3n) is 2.56. The molecule has 17 heavy (non-hydrogen) atoms. The van der Waals surface area contributed by atoms with E-state index in [1.807, 2.05) is 0 Å². The van der Waals surface area contributed by atoms with Gasteiger partial charge in [-0.25, -0.2) is 0 Å². The minimum atomic E-state index is -1.03. The summed E-state index contributed by atoms with van der Waals surface area (Å²) in [5.41, 5.74) is 0.864. The molecule has 0 radical (unpaired) electrons. The third-order valence-corrected chi connectivity index (χ3v) is 2.56. The lowest BCUT2D eigenvalue weighted by atomic mass is 9.99. The molecule has 4 heteroatoms. The molecular weight excluding hydrogens is 218 g/mol. The number of phenolic OH excluding ortho intramolecular Hbond substituents is 1. The highest BCUT2D eigenvalue weighted by Gasteiger charge is 2.27. The second-order valence-corrected chi connectivity index (χ2v) is 3.66. The monoisotopic (exact) mass is 229 g/mol. The minimum absolute atomic E-state index is 0.0574. The van der Waals surface area contributed by atoms with E-state index in [1.165, 1.54) is 6.07 Å². The number of nitro groups is 1. The van der Waals surface area contributed by atoms with E-state index in [9.17, 15) is 15.2 Å². The normalized spacial score (nSPS) is 12.0. The summed E-state index contributed by atoms with van der Waals surface area (Å²) in [6, 6.07) is 13.9. The Bertz CT molecular complexity index is 525. The molecule has 0 fully saturated rings. The van der Waals surface area contributed by atoms with Gasteiger partial charge in [0, 0.05) is 10.5 Å². The highest BCUT2D eigenvalue weighted by Crippen LogP contribution is 2.31. The molecule has 0 spiro atoms. The van der Waals surface area contributed by atoms with Crippen LogP contribution in [0, 0.1) is 10.1 Å². The molecule has 1 unspecified atom stereocenters. The largest absolute Gasteiger partial charge is 0.507 e. The molecule has 1 N–H and O–H groups in total. The molecule has 2 aromatic carbocycles. The average Bonchev–Trinajstić information content (AvgIpc) is 2.33. The first-order valence-electron chi connectivity index (χ1n) is 5.16. The van der Waals surface area contributed by atoms with Gasteiger partial charge in [-0.1, -0.05) is 42.5 Å². The van der Waals surface area contributed by atoms with Crippen molar-refractivity contribution in [3.8, 4) is 5.75 Å². The van der Waals surface area contributed by atoms with Crippen LogP contribution in [-0.2, 0) is 0 Å². The number of hydrogen-bond acceptors (Lipinski definition) is 3. The Hall–Kier alpha value is -2.36. The van der Waals surface area contributed by atoms with Gasteiger partial charge in [0.25, 0.3) is 6.04 Å². The summed E-state index contributed by atoms with van der Waals surface area (Å²) in [4.78, 5) is 10.7. The maximum atomic E-state index is 11.1. The lowest BCUT2D eigenvalue weighted by Crippen LogP contribution is -2.12. The maximum absolute atomic E-state index is 11.1. The maximum Gasteiger partial charge on any atom is 0.266 e. The van der Waals surface area contributed by atoms with Gasteiger partial charge in [-0.3, -0.25) is 10.1 Å². The van der Waals surface area contributed by atoms with Crippen LogP contribution in [0.15, 0.2) is 54.6 Å². The SMILES string of the molecule is O=[N+]([O-])C(c1ccccc1)c1ccccc1O. The summed E-state index contributed by atoms with van der Waals surface area (Å²) in [5.74, 6) is -0.0574. The summed E-state index contributed by atoms with van der Waals surface area (Å²) in [5, 5.41) is 20.8. The van der Waals surface area contributed by atoms with Gasteiger partial charge in [0.1, 0.15) is 5.75 Å². The molecule has 1 atom stereocenters. The van der Waals surface area contributed by atoms with Crippen molar-refractivity contribution in [3.63, 3.8) is 0 Å². The first-order chi connectivity index (χ1) is 8.20. The number of rotatable bonds is 3. The van der Waals surface area contributed by atoms with Gasteiger partial charge in [-0.2, -0.15) is 0 Å². The summed E-state index contributed by atoms with van der Waals surface area (Å²) >= 11 is 0. The summed E-state index contributed by atoms with van der Waals surface area (Å²) in [6.45, 7) is 0. The van der Waals surface area contributed by atoms with Crippen molar-refractivity contribution in [2.24, 2.45) is 0 Å². The second kappa shape index (κ2) is 4.65. The predicted molar refractivity (Wildman–Crippen MR) is 63.4 cm³/mol. The van der Waals surface area contributed by atoms with Crippen molar-refractivity contribution in [3.05, 3.63) is 75.8 Å². The van der Waals surface area contributed by atoms with Crippen LogP contribution in [-0.4, -0.2) is 10.0 Å². The number of aromatic hydroxyl groups is 1. The molecule has 0 aliphatic carbocycles. The van der Waals surface area contributed by atoms with Crippen LogP contribution in [0.2, 0.25) is 0 Å². The molecule has 0 amide bonds. The lowest BCUT2D eigenvalue weighted by Gasteiger charge is -2.11. The van der Waals surface area contributed by atoms with Gasteiger partial charge in [0.15, 0.2) is 0 Å². The second-order valence-electron chi connectivity index (χ2n) is 3.66. The Labute approximate surface area is 98.3 Å². The van der Waals surface area contributed by atoms with Crippen molar-refractivity contribution >= 4 is 0 Å². The van der Waals surface area contributed by atoms with E-state index in [4.69, 9.17) is 0 Å². The van der Waals surface area contributed by atoms with Crippen LogP contribution in [0.25, 0.3) is 0 Å². The predicted octanol–water partition coefficient (Wildman–Crippen LogP) is 2.76. The van der Waals surface area contributed by atoms with Gasteiger partial charge in [0.05, 0.1) is 5.56 Å². The van der Waals surface area contributed by atoms with E-state index in [1.54, 1.807) is 48.5 Å². The van der Waals surface area contributed by atoms with E-state index in [-0.39, 0.29) is 5.75 Å². The highest BCUT2D eigenvalue weighted by atomic mass is 16.6. The van der Waals surface area contributed by atoms with Gasteiger partial charge >= 0.3 is 0 Å². The zero-order chi connectivity index (χ0) is 12.3. The smallest absolute Gasteiger partial charge is 0.266 e. The quantitative estimate of drug-likeness (QED) is 0.650. The molecule has 0 heterocycles. The van der Waals surface area contributed by atoms with Crippen LogP contribution in [0.4, 0.5) is 0 Å². The van der Waals surface area contributed by atoms with E-state index < -0.39 is 11.0 Å². The Kier molecular flexibility index (Phi) is 3.05. The lowest BCUT2D eigenvalue weighted by molar-refractivity contribution is -0.517. The summed E-state index contributed by atoms with van der Waals surface area (Å²) in [7, 11) is 0. The molecule has 2 aromatic rings. The van der Waals surface area contributed by atoms with Crippen LogP contribution in [0.3, 0.4) is 0 Å². The van der Waals surface area contributed by atoms with Crippen LogP contribution >= 0.6 is 0 Å². The van der Waals surface area contributed by atoms with E-state index >= 15 is 0 Å². The van der Waals surface area contributed by atoms with E-state index in [0.29, 0.717) is 11.1 Å². The first kappa shape index (κ1) is 11.1. The molecule has 4 nitrogen and oxygen atoms in total. The number of benzene rings is 2. The van der Waals surface area contributed by atoms with Gasteiger partial charge in [-0.15, -0.1) is 0 Å². The first-order valence-corrected chi connectivity index (χ1v) is 5.16. The number of para-hydroxylation sites is 1. The van der Waals surface area contributed by atoms with Crippen LogP contribution < -0.4 is 0 Å². The third kappa shape index (κ3) is 2.25. The standard InChI is InChI=1S/C13H11NO3/c15-12-9-5-4-8-11(12)13(14(16)17)10-6-2-1-3-7-10/h1-9,13,15H. The molecular formula is C13H11NO3. The van der Waals surface area contributed by atoms with E-state index in [2.05, 4.69) is 0 Å². The van der Waals surface area contributed by atoms with Crippen LogP contribution in [0.1, 0.15) is 17.2 Å². The summed E-state index contributed by atoms with van der Waals surface area (Å²) in [6.07, 6.45) is 0. The van der Waals surface area contributed by atoms with Crippen molar-refractivity contribution in [2.45, 2.75) is 6.04 Å². The molecule has 0 aromatic heterocycles. The van der Waals surface area contributed by atoms with Gasteiger partial charge < -0.3 is 5.11 Å². The minimum Gasteiger partial charge on any atom is -0.507 e. The fraction of sp³-hybridized carbons (Fsp3) is 0.0769. The zero-order valence-corrected chi connectivity index (χ0v) is 8.98. The molecule has 86 valence electrons. The van der Waals surface area contributed by atoms with Crippen molar-refractivity contribution < 1.29 is 10.0 Å². The van der Waals surface area contributed by atoms with Crippen molar-refractivity contribution in [1.29, 1.82) is 0 Å². The Balaban J connectivity index is 2.51. The zero-order valence-electron chi connectivity index (χ0n) is 8.98. The van der Waals surface area contributed by atoms with Crippen LogP contribution in [0.5, 0.6) is 5.75 Å². The van der Waals surface area contributed by atoms with Crippen molar-refractivity contribution in [1.82, 2.24) is 0 Å². The molecule has 0 saturated heterocycles. The molecule has 0 aliphatic heterocycles.